The molecule has 0 aromatic carbocycles. The second-order valence-corrected chi connectivity index (χ2v) is 7.09. The summed E-state index contributed by atoms with van der Waals surface area (Å²) >= 11 is 6.63. The van der Waals surface area contributed by atoms with E-state index in [1.54, 1.807) is 19.1 Å². The molecule has 0 bridgehead atoms. The van der Waals surface area contributed by atoms with E-state index >= 15 is 0 Å². The van der Waals surface area contributed by atoms with Crippen molar-refractivity contribution in [2.24, 2.45) is 0 Å². The summed E-state index contributed by atoms with van der Waals surface area (Å²) in [6, 6.07) is 3.38. The van der Waals surface area contributed by atoms with Crippen molar-refractivity contribution in [2.45, 2.75) is 18.1 Å². The van der Waals surface area contributed by atoms with Gasteiger partial charge < -0.3 is 0 Å². The lowest BCUT2D eigenvalue weighted by Crippen LogP contribution is -2.12. The molecule has 0 fully saturated rings. The van der Waals surface area contributed by atoms with Gasteiger partial charge in [0.15, 0.2) is 8.68 Å². The van der Waals surface area contributed by atoms with Crippen molar-refractivity contribution >= 4 is 38.6 Å². The Morgan fingerprint density at radius 2 is 2.06 bits per heavy atom. The van der Waals surface area contributed by atoms with E-state index in [0.29, 0.717) is 11.4 Å². The molecule has 96 valence electrons. The fourth-order valence-electron chi connectivity index (χ4n) is 1.33. The van der Waals surface area contributed by atoms with E-state index in [9.17, 15) is 8.42 Å². The number of nitrogens with zero attached hydrogens (tertiary/aromatic N) is 2. The molecule has 8 heteroatoms. The molecule has 2 rings (SSSR count). The number of aryl methyl sites for hydroxylation is 2. The molecule has 2 aromatic heterocycles. The van der Waals surface area contributed by atoms with Crippen LogP contribution in [0.4, 0.5) is 5.69 Å². The molecule has 0 saturated heterocycles. The first-order valence-electron chi connectivity index (χ1n) is 4.97. The first-order valence-corrected chi connectivity index (χ1v) is 7.64. The van der Waals surface area contributed by atoms with Crippen molar-refractivity contribution < 1.29 is 8.42 Å². The van der Waals surface area contributed by atoms with Crippen molar-refractivity contribution in [2.75, 3.05) is 4.72 Å². The van der Waals surface area contributed by atoms with Crippen LogP contribution in [0.2, 0.25) is 4.47 Å². The number of anilines is 1. The number of hydrogen-bond donors (Lipinski definition) is 1. The summed E-state index contributed by atoms with van der Waals surface area (Å²) in [7, 11) is -3.65. The maximum absolute atomic E-state index is 12.1. The molecule has 2 aromatic rings. The average Bonchev–Trinajstić information content (AvgIpc) is 2.62. The Morgan fingerprint density at radius 3 is 2.56 bits per heavy atom. The molecular formula is C10H10ClN3O2S2. The van der Waals surface area contributed by atoms with Gasteiger partial charge in [-0.05, 0) is 26.0 Å². The van der Waals surface area contributed by atoms with E-state index in [-0.39, 0.29) is 8.68 Å². The van der Waals surface area contributed by atoms with E-state index in [1.807, 2.05) is 6.92 Å². The number of halogens is 1. The Balaban J connectivity index is 2.33. The van der Waals surface area contributed by atoms with Crippen LogP contribution in [-0.4, -0.2) is 18.4 Å². The molecule has 0 radical (unpaired) electrons. The maximum atomic E-state index is 12.1. The molecule has 0 aliphatic rings. The minimum Gasteiger partial charge on any atom is -0.277 e. The minimum atomic E-state index is -3.65. The van der Waals surface area contributed by atoms with Crippen molar-refractivity contribution in [1.29, 1.82) is 0 Å². The molecular weight excluding hydrogens is 294 g/mol. The number of rotatable bonds is 3. The Kier molecular flexibility index (Phi) is 3.56. The van der Waals surface area contributed by atoms with E-state index < -0.39 is 10.0 Å². The molecule has 0 saturated carbocycles. The van der Waals surface area contributed by atoms with E-state index in [4.69, 9.17) is 11.6 Å². The monoisotopic (exact) mass is 303 g/mol. The standard InChI is InChI=1S/C10H10ClN3O2S2/c1-6-3-4-8(5-12-6)14-18(15,16)9-7(2)13-10(11)17-9/h3-5,14H,1-2H3. The Labute approximate surface area is 114 Å². The summed E-state index contributed by atoms with van der Waals surface area (Å²) in [6.45, 7) is 3.43. The lowest BCUT2D eigenvalue weighted by molar-refractivity contribution is 0.602. The van der Waals surface area contributed by atoms with Crippen LogP contribution >= 0.6 is 22.9 Å². The highest BCUT2D eigenvalue weighted by molar-refractivity contribution is 7.94. The Bertz CT molecular complexity index is 665. The van der Waals surface area contributed by atoms with Crippen LogP contribution in [0.5, 0.6) is 0 Å². The molecule has 0 atom stereocenters. The summed E-state index contributed by atoms with van der Waals surface area (Å²) in [5.41, 5.74) is 1.61. The average molecular weight is 304 g/mol. The van der Waals surface area contributed by atoms with Gasteiger partial charge in [-0.25, -0.2) is 13.4 Å². The van der Waals surface area contributed by atoms with Gasteiger partial charge in [0.1, 0.15) is 0 Å². The molecule has 0 aliphatic carbocycles. The van der Waals surface area contributed by atoms with Crippen molar-refractivity contribution in [1.82, 2.24) is 9.97 Å². The van der Waals surface area contributed by atoms with Crippen LogP contribution in [0, 0.1) is 13.8 Å². The highest BCUT2D eigenvalue weighted by atomic mass is 35.5. The second kappa shape index (κ2) is 4.83. The molecule has 5 nitrogen and oxygen atoms in total. The van der Waals surface area contributed by atoms with Gasteiger partial charge in [-0.3, -0.25) is 9.71 Å². The van der Waals surface area contributed by atoms with Crippen molar-refractivity contribution in [3.63, 3.8) is 0 Å². The van der Waals surface area contributed by atoms with Crippen LogP contribution in [0.25, 0.3) is 0 Å². The zero-order chi connectivity index (χ0) is 13.3. The third-order valence-electron chi connectivity index (χ3n) is 2.14. The second-order valence-electron chi connectivity index (χ2n) is 3.63. The molecule has 0 spiro atoms. The van der Waals surface area contributed by atoms with Gasteiger partial charge in [-0.15, -0.1) is 0 Å². The number of pyridine rings is 1. The van der Waals surface area contributed by atoms with Crippen LogP contribution in [-0.2, 0) is 10.0 Å². The van der Waals surface area contributed by atoms with Gasteiger partial charge in [0.25, 0.3) is 10.0 Å². The quantitative estimate of drug-likeness (QED) is 0.946. The van der Waals surface area contributed by atoms with E-state index in [0.717, 1.165) is 17.0 Å². The van der Waals surface area contributed by atoms with Crippen LogP contribution in [0.15, 0.2) is 22.5 Å². The predicted octanol–water partition coefficient (Wildman–Crippen LogP) is 2.61. The SMILES string of the molecule is Cc1ccc(NS(=O)(=O)c2sc(Cl)nc2C)cn1. The third-order valence-corrected chi connectivity index (χ3v) is 5.39. The fourth-order valence-corrected chi connectivity index (χ4v) is 4.11. The maximum Gasteiger partial charge on any atom is 0.273 e. The first kappa shape index (κ1) is 13.3. The molecule has 18 heavy (non-hydrogen) atoms. The zero-order valence-corrected chi connectivity index (χ0v) is 12.0. The number of hydrogen-bond acceptors (Lipinski definition) is 5. The van der Waals surface area contributed by atoms with Crippen LogP contribution in [0.3, 0.4) is 0 Å². The summed E-state index contributed by atoms with van der Waals surface area (Å²) in [5, 5.41) is 0. The van der Waals surface area contributed by atoms with Gasteiger partial charge in [0.05, 0.1) is 17.6 Å². The number of nitrogens with one attached hydrogen (secondary N) is 1. The van der Waals surface area contributed by atoms with E-state index in [2.05, 4.69) is 14.7 Å². The van der Waals surface area contributed by atoms with Gasteiger partial charge in [0.2, 0.25) is 0 Å². The highest BCUT2D eigenvalue weighted by Crippen LogP contribution is 2.28. The number of thiazole rings is 1. The predicted molar refractivity (Wildman–Crippen MR) is 71.6 cm³/mol. The van der Waals surface area contributed by atoms with Crippen LogP contribution < -0.4 is 4.72 Å². The molecule has 0 aliphatic heterocycles. The summed E-state index contributed by atoms with van der Waals surface area (Å²) in [5.74, 6) is 0. The molecule has 2 heterocycles. The summed E-state index contributed by atoms with van der Waals surface area (Å²) in [6.07, 6.45) is 1.46. The normalized spacial score (nSPS) is 11.5. The van der Waals surface area contributed by atoms with Gasteiger partial charge >= 0.3 is 0 Å². The minimum absolute atomic E-state index is 0.119. The van der Waals surface area contributed by atoms with Gasteiger partial charge in [-0.1, -0.05) is 22.9 Å². The summed E-state index contributed by atoms with van der Waals surface area (Å²) in [4.78, 5) is 7.90. The van der Waals surface area contributed by atoms with Crippen molar-refractivity contribution in [3.8, 4) is 0 Å². The van der Waals surface area contributed by atoms with Gasteiger partial charge in [0, 0.05) is 5.69 Å². The van der Waals surface area contributed by atoms with Crippen molar-refractivity contribution in [3.05, 3.63) is 34.2 Å². The largest absolute Gasteiger partial charge is 0.277 e. The highest BCUT2D eigenvalue weighted by Gasteiger charge is 2.21. The zero-order valence-electron chi connectivity index (χ0n) is 9.64. The lowest BCUT2D eigenvalue weighted by atomic mass is 10.4. The Morgan fingerprint density at radius 1 is 1.33 bits per heavy atom. The van der Waals surface area contributed by atoms with E-state index in [1.165, 1.54) is 6.20 Å². The summed E-state index contributed by atoms with van der Waals surface area (Å²) < 4.78 is 26.9. The smallest absolute Gasteiger partial charge is 0.273 e. The van der Waals surface area contributed by atoms with Gasteiger partial charge in [-0.2, -0.15) is 0 Å². The molecule has 0 unspecified atom stereocenters. The lowest BCUT2D eigenvalue weighted by Gasteiger charge is -2.06. The Hall–Kier alpha value is -1.18. The number of aromatic nitrogens is 2. The molecule has 1 N–H and O–H groups in total. The first-order chi connectivity index (χ1) is 8.38. The fraction of sp³-hybridized carbons (Fsp3) is 0.200. The molecule has 0 amide bonds. The third kappa shape index (κ3) is 2.80. The number of sulfonamides is 1. The van der Waals surface area contributed by atoms with Crippen LogP contribution in [0.1, 0.15) is 11.4 Å². The topological polar surface area (TPSA) is 72.0 Å².